The molecule has 0 aromatic heterocycles. The van der Waals surface area contributed by atoms with Gasteiger partial charge in [0.15, 0.2) is 11.5 Å². The van der Waals surface area contributed by atoms with Crippen molar-refractivity contribution >= 4 is 29.1 Å². The SMILES string of the molecule is COc1c(C)c(OC)c2c(c1Cl)C(N(C)C)[C@@H]1Cc3c(Cl)c(C)c(OC)c(OC)c3[C@H](CCO)N1C(=O)C2. The predicted molar refractivity (Wildman–Crippen MR) is 147 cm³/mol. The van der Waals surface area contributed by atoms with Crippen LogP contribution in [0.25, 0.3) is 0 Å². The molecule has 0 bridgehead atoms. The van der Waals surface area contributed by atoms with E-state index in [0.29, 0.717) is 45.9 Å². The number of carbonyl (C=O) groups is 1. The molecule has 0 aliphatic carbocycles. The number of rotatable bonds is 7. The van der Waals surface area contributed by atoms with Gasteiger partial charge in [0, 0.05) is 34.4 Å². The molecule has 2 heterocycles. The van der Waals surface area contributed by atoms with E-state index in [1.165, 1.54) is 0 Å². The number of fused-ring (bicyclic) bond motifs is 3. The van der Waals surface area contributed by atoms with E-state index in [2.05, 4.69) is 4.90 Å². The van der Waals surface area contributed by atoms with Crippen LogP contribution in [0.5, 0.6) is 23.0 Å². The topological polar surface area (TPSA) is 80.7 Å². The first-order valence-corrected chi connectivity index (χ1v) is 13.3. The number of halogens is 2. The van der Waals surface area contributed by atoms with Crippen molar-refractivity contribution in [3.63, 3.8) is 0 Å². The van der Waals surface area contributed by atoms with Gasteiger partial charge in [0.25, 0.3) is 0 Å². The molecule has 8 nitrogen and oxygen atoms in total. The molecule has 0 saturated heterocycles. The standard InChI is InChI=1S/C28H36Cl2N2O6/c1-13-22(29)15-11-18-24(31(3)4)21-16(25(35-5)14(2)26(36-6)23(21)30)12-19(34)32(18)17(9-10-33)20(15)28(38-8)27(13)37-7/h17-18,24,33H,9-12H2,1-8H3/t17-,18-,24?/m0/s1. The summed E-state index contributed by atoms with van der Waals surface area (Å²) in [5, 5.41) is 11.2. The van der Waals surface area contributed by atoms with Crippen molar-refractivity contribution < 1.29 is 28.8 Å². The number of hydrogen-bond acceptors (Lipinski definition) is 7. The van der Waals surface area contributed by atoms with Gasteiger partial charge in [-0.2, -0.15) is 0 Å². The van der Waals surface area contributed by atoms with E-state index in [1.807, 2.05) is 32.8 Å². The number of ether oxygens (including phenoxy) is 4. The summed E-state index contributed by atoms with van der Waals surface area (Å²) in [4.78, 5) is 18.2. The first-order chi connectivity index (χ1) is 18.1. The number of nitrogens with zero attached hydrogens (tertiary/aromatic N) is 2. The van der Waals surface area contributed by atoms with Crippen LogP contribution in [0, 0.1) is 13.8 Å². The molecule has 0 radical (unpaired) electrons. The Balaban J connectivity index is 2.08. The zero-order valence-corrected chi connectivity index (χ0v) is 24.7. The Hall–Kier alpha value is -2.39. The molecule has 10 heteroatoms. The zero-order valence-electron chi connectivity index (χ0n) is 23.2. The minimum atomic E-state index is -0.493. The number of carbonyl (C=O) groups excluding carboxylic acids is 1. The fraction of sp³-hybridized carbons (Fsp3) is 0.536. The summed E-state index contributed by atoms with van der Waals surface area (Å²) in [7, 11) is 10.3. The molecular formula is C28H36Cl2N2O6. The number of benzene rings is 2. The molecule has 208 valence electrons. The van der Waals surface area contributed by atoms with Crippen LogP contribution in [0.3, 0.4) is 0 Å². The summed E-state index contributed by atoms with van der Waals surface area (Å²) in [6.45, 7) is 3.64. The van der Waals surface area contributed by atoms with Crippen molar-refractivity contribution in [1.29, 1.82) is 0 Å². The summed E-state index contributed by atoms with van der Waals surface area (Å²) in [6, 6.07) is -1.15. The second-order valence-electron chi connectivity index (χ2n) is 9.98. The Morgan fingerprint density at radius 3 is 2.00 bits per heavy atom. The maximum Gasteiger partial charge on any atom is 0.227 e. The van der Waals surface area contributed by atoms with E-state index in [9.17, 15) is 9.90 Å². The normalized spacial score (nSPS) is 20.5. The molecule has 2 aliphatic rings. The predicted octanol–water partition coefficient (Wildman–Crippen LogP) is 4.68. The van der Waals surface area contributed by atoms with Crippen molar-refractivity contribution in [1.82, 2.24) is 9.80 Å². The Morgan fingerprint density at radius 2 is 1.47 bits per heavy atom. The lowest BCUT2D eigenvalue weighted by molar-refractivity contribution is -0.138. The van der Waals surface area contributed by atoms with Crippen LogP contribution in [-0.4, -0.2) is 76.0 Å². The molecule has 2 aromatic carbocycles. The average Bonchev–Trinajstić information content (AvgIpc) is 3.01. The highest BCUT2D eigenvalue weighted by Crippen LogP contribution is 2.55. The lowest BCUT2D eigenvalue weighted by Gasteiger charge is -2.47. The largest absolute Gasteiger partial charge is 0.496 e. The minimum Gasteiger partial charge on any atom is -0.496 e. The van der Waals surface area contributed by atoms with Crippen LogP contribution in [0.4, 0.5) is 0 Å². The van der Waals surface area contributed by atoms with Crippen LogP contribution in [0.15, 0.2) is 0 Å². The fourth-order valence-corrected chi connectivity index (χ4v) is 7.20. The molecule has 4 rings (SSSR count). The summed E-state index contributed by atoms with van der Waals surface area (Å²) >= 11 is 14.0. The van der Waals surface area contributed by atoms with Crippen LogP contribution in [0.1, 0.15) is 51.9 Å². The van der Waals surface area contributed by atoms with Crippen molar-refractivity contribution in [2.45, 2.75) is 51.2 Å². The molecule has 0 spiro atoms. The van der Waals surface area contributed by atoms with E-state index < -0.39 is 6.04 Å². The highest BCUT2D eigenvalue weighted by Gasteiger charge is 2.49. The quantitative estimate of drug-likeness (QED) is 0.521. The maximum absolute atomic E-state index is 14.2. The lowest BCUT2D eigenvalue weighted by atomic mass is 9.80. The highest BCUT2D eigenvalue weighted by molar-refractivity contribution is 6.33. The average molecular weight is 568 g/mol. The molecular weight excluding hydrogens is 531 g/mol. The molecule has 2 aliphatic heterocycles. The molecule has 38 heavy (non-hydrogen) atoms. The Bertz CT molecular complexity index is 1270. The Labute approximate surface area is 234 Å². The van der Waals surface area contributed by atoms with Gasteiger partial charge in [-0.3, -0.25) is 4.79 Å². The number of aliphatic hydroxyl groups is 1. The third kappa shape index (κ3) is 4.17. The number of methoxy groups -OCH3 is 4. The van der Waals surface area contributed by atoms with Gasteiger partial charge in [0.2, 0.25) is 5.91 Å². The molecule has 0 saturated carbocycles. The van der Waals surface area contributed by atoms with Gasteiger partial charge in [-0.05, 0) is 46.3 Å². The first-order valence-electron chi connectivity index (χ1n) is 12.5. The molecule has 3 atom stereocenters. The van der Waals surface area contributed by atoms with Gasteiger partial charge in [0.05, 0.1) is 63.0 Å². The van der Waals surface area contributed by atoms with Crippen molar-refractivity contribution in [2.75, 3.05) is 49.1 Å². The van der Waals surface area contributed by atoms with Crippen LogP contribution in [-0.2, 0) is 17.6 Å². The Morgan fingerprint density at radius 1 is 0.868 bits per heavy atom. The molecule has 0 fully saturated rings. The summed E-state index contributed by atoms with van der Waals surface area (Å²) in [5.74, 6) is 2.08. The lowest BCUT2D eigenvalue weighted by Crippen LogP contribution is -2.52. The summed E-state index contributed by atoms with van der Waals surface area (Å²) in [6.07, 6.45) is 0.845. The van der Waals surface area contributed by atoms with E-state index in [0.717, 1.165) is 33.4 Å². The third-order valence-electron chi connectivity index (χ3n) is 7.92. The summed E-state index contributed by atoms with van der Waals surface area (Å²) < 4.78 is 23.1. The zero-order chi connectivity index (χ0) is 28.0. The van der Waals surface area contributed by atoms with Crippen LogP contribution < -0.4 is 18.9 Å². The van der Waals surface area contributed by atoms with Gasteiger partial charge in [-0.15, -0.1) is 0 Å². The highest BCUT2D eigenvalue weighted by atomic mass is 35.5. The van der Waals surface area contributed by atoms with Crippen molar-refractivity contribution in [3.8, 4) is 23.0 Å². The number of hydrogen-bond donors (Lipinski definition) is 1. The number of likely N-dealkylation sites (N-methyl/N-ethyl adjacent to an activating group) is 1. The fourth-order valence-electron chi connectivity index (χ4n) is 6.49. The van der Waals surface area contributed by atoms with E-state index in [1.54, 1.807) is 28.4 Å². The maximum atomic E-state index is 14.2. The first kappa shape index (κ1) is 28.6. The van der Waals surface area contributed by atoms with Gasteiger partial charge in [-0.1, -0.05) is 23.2 Å². The second kappa shape index (κ2) is 11.0. The summed E-state index contributed by atoms with van der Waals surface area (Å²) in [5.41, 5.74) is 4.70. The van der Waals surface area contributed by atoms with Crippen molar-refractivity contribution in [2.24, 2.45) is 0 Å². The number of aliphatic hydroxyl groups excluding tert-OH is 1. The van der Waals surface area contributed by atoms with Gasteiger partial charge >= 0.3 is 0 Å². The molecule has 1 N–H and O–H groups in total. The van der Waals surface area contributed by atoms with E-state index in [-0.39, 0.29) is 31.0 Å². The van der Waals surface area contributed by atoms with E-state index in [4.69, 9.17) is 42.1 Å². The monoisotopic (exact) mass is 566 g/mol. The van der Waals surface area contributed by atoms with Gasteiger partial charge in [-0.25, -0.2) is 0 Å². The van der Waals surface area contributed by atoms with Crippen molar-refractivity contribution in [3.05, 3.63) is 43.4 Å². The second-order valence-corrected chi connectivity index (χ2v) is 10.7. The molecule has 2 aromatic rings. The van der Waals surface area contributed by atoms with E-state index >= 15 is 0 Å². The number of amides is 1. The van der Waals surface area contributed by atoms with Crippen LogP contribution in [0.2, 0.25) is 10.0 Å². The minimum absolute atomic E-state index is 0.0835. The van der Waals surface area contributed by atoms with Gasteiger partial charge < -0.3 is 33.9 Å². The molecule has 1 unspecified atom stereocenters. The molecule has 1 amide bonds. The van der Waals surface area contributed by atoms with Gasteiger partial charge in [0.1, 0.15) is 11.5 Å². The third-order valence-corrected chi connectivity index (χ3v) is 8.80. The van der Waals surface area contributed by atoms with Crippen LogP contribution >= 0.6 is 23.2 Å². The smallest absolute Gasteiger partial charge is 0.227 e. The Kier molecular flexibility index (Phi) is 8.28.